The standard InChI is InChI=1S/C27H30O15/c1-9-17(30)20(33)23(36)26(39-9)38-8-16-19(32)21(34)24(37)27(42-16)40-11-3-4-12-15(7-11)41-25(22(35)18(12)31)10-2-5-13(28)14(29)6-10/h2-7,9,16-17,19-21,23-24,26-30,32-37H,8H2,1H3/t9-,16-,17+,19+,20-,21+,23-,24-,26-,27+/m0/s1. The molecule has 10 atom stereocenters. The van der Waals surface area contributed by atoms with Crippen molar-refractivity contribution in [1.29, 1.82) is 0 Å². The molecule has 5 rings (SSSR count). The Bertz CT molecular complexity index is 1490. The topological polar surface area (TPSA) is 249 Å². The van der Waals surface area contributed by atoms with Gasteiger partial charge in [0.2, 0.25) is 17.5 Å². The minimum Gasteiger partial charge on any atom is -0.504 e. The highest BCUT2D eigenvalue weighted by molar-refractivity contribution is 5.83. The number of phenols is 2. The van der Waals surface area contributed by atoms with Gasteiger partial charge < -0.3 is 69.3 Å². The van der Waals surface area contributed by atoms with Crippen LogP contribution in [0, 0.1) is 0 Å². The van der Waals surface area contributed by atoms with Crippen LogP contribution in [0.4, 0.5) is 0 Å². The van der Waals surface area contributed by atoms with Crippen LogP contribution >= 0.6 is 0 Å². The first-order valence-corrected chi connectivity index (χ1v) is 12.9. The summed E-state index contributed by atoms with van der Waals surface area (Å²) in [5.74, 6) is -1.99. The van der Waals surface area contributed by atoms with E-state index >= 15 is 0 Å². The Labute approximate surface area is 236 Å². The molecule has 0 radical (unpaired) electrons. The fourth-order valence-electron chi connectivity index (χ4n) is 4.72. The fraction of sp³-hybridized carbons (Fsp3) is 0.444. The van der Waals surface area contributed by atoms with E-state index in [1.165, 1.54) is 31.2 Å². The van der Waals surface area contributed by atoms with Gasteiger partial charge >= 0.3 is 0 Å². The van der Waals surface area contributed by atoms with Crippen molar-refractivity contribution in [3.8, 4) is 34.3 Å². The SMILES string of the molecule is C[C@@H]1O[C@H](OC[C@@H]2O[C@@H](Oc3ccc4c(=O)c(O)c(-c5ccc(O)c(O)c5)oc4c3)[C@@H](O)[C@H](O)[C@@H]2O)[C@@H](O)[C@@H](O)[C@@H]1O. The molecule has 0 spiro atoms. The second kappa shape index (κ2) is 11.6. The van der Waals surface area contributed by atoms with Crippen LogP contribution in [0.3, 0.4) is 0 Å². The maximum atomic E-state index is 12.8. The van der Waals surface area contributed by atoms with Gasteiger partial charge in [0.05, 0.1) is 18.1 Å². The molecule has 2 saturated heterocycles. The normalized spacial score (nSPS) is 33.5. The lowest BCUT2D eigenvalue weighted by atomic mass is 9.98. The van der Waals surface area contributed by atoms with Crippen molar-refractivity contribution < 1.29 is 69.3 Å². The van der Waals surface area contributed by atoms with E-state index in [4.69, 9.17) is 23.4 Å². The first-order valence-electron chi connectivity index (χ1n) is 12.9. The summed E-state index contributed by atoms with van der Waals surface area (Å²) >= 11 is 0. The van der Waals surface area contributed by atoms with Crippen LogP contribution in [-0.4, -0.2) is 114 Å². The van der Waals surface area contributed by atoms with Gasteiger partial charge in [0.15, 0.2) is 23.5 Å². The zero-order valence-electron chi connectivity index (χ0n) is 21.9. The van der Waals surface area contributed by atoms with Gasteiger partial charge in [0.25, 0.3) is 0 Å². The van der Waals surface area contributed by atoms with Gasteiger partial charge in [-0.3, -0.25) is 4.79 Å². The maximum Gasteiger partial charge on any atom is 0.235 e. The number of ether oxygens (including phenoxy) is 4. The second-order valence-electron chi connectivity index (χ2n) is 10.1. The number of aliphatic hydroxyl groups is 6. The molecule has 2 aromatic carbocycles. The summed E-state index contributed by atoms with van der Waals surface area (Å²) in [5, 5.41) is 91.1. The minimum atomic E-state index is -1.76. The predicted molar refractivity (Wildman–Crippen MR) is 139 cm³/mol. The Balaban J connectivity index is 1.35. The zero-order chi connectivity index (χ0) is 30.5. The molecule has 2 aliphatic rings. The molecule has 42 heavy (non-hydrogen) atoms. The molecular weight excluding hydrogens is 564 g/mol. The fourth-order valence-corrected chi connectivity index (χ4v) is 4.72. The van der Waals surface area contributed by atoms with Crippen LogP contribution in [0.2, 0.25) is 0 Å². The van der Waals surface area contributed by atoms with Gasteiger partial charge in [-0.15, -0.1) is 0 Å². The monoisotopic (exact) mass is 594 g/mol. The van der Waals surface area contributed by atoms with Crippen LogP contribution in [0.15, 0.2) is 45.6 Å². The summed E-state index contributed by atoms with van der Waals surface area (Å²) in [6.07, 6.45) is -14.9. The number of hydrogen-bond acceptors (Lipinski definition) is 15. The Morgan fingerprint density at radius 1 is 0.762 bits per heavy atom. The summed E-state index contributed by atoms with van der Waals surface area (Å²) in [6, 6.07) is 7.37. The molecule has 15 nitrogen and oxygen atoms in total. The molecule has 15 heteroatoms. The summed E-state index contributed by atoms with van der Waals surface area (Å²) in [5.41, 5.74) is -0.779. The smallest absolute Gasteiger partial charge is 0.235 e. The van der Waals surface area contributed by atoms with Crippen molar-refractivity contribution in [2.75, 3.05) is 6.61 Å². The molecule has 0 unspecified atom stereocenters. The van der Waals surface area contributed by atoms with E-state index in [9.17, 15) is 50.8 Å². The second-order valence-corrected chi connectivity index (χ2v) is 10.1. The van der Waals surface area contributed by atoms with Crippen LogP contribution in [0.25, 0.3) is 22.3 Å². The lowest BCUT2D eigenvalue weighted by molar-refractivity contribution is -0.318. The number of benzene rings is 2. The van der Waals surface area contributed by atoms with E-state index in [0.29, 0.717) is 0 Å². The number of aliphatic hydroxyl groups excluding tert-OH is 6. The maximum absolute atomic E-state index is 12.8. The molecular formula is C27H30O15. The summed E-state index contributed by atoms with van der Waals surface area (Å²) in [4.78, 5) is 12.8. The van der Waals surface area contributed by atoms with Gasteiger partial charge in [-0.05, 0) is 37.3 Å². The van der Waals surface area contributed by atoms with E-state index in [1.807, 2.05) is 0 Å². The Kier molecular flexibility index (Phi) is 8.30. The largest absolute Gasteiger partial charge is 0.504 e. The van der Waals surface area contributed by atoms with Crippen molar-refractivity contribution in [3.63, 3.8) is 0 Å². The third-order valence-electron chi connectivity index (χ3n) is 7.23. The Morgan fingerprint density at radius 2 is 1.45 bits per heavy atom. The van der Waals surface area contributed by atoms with Crippen molar-refractivity contribution in [1.82, 2.24) is 0 Å². The highest BCUT2D eigenvalue weighted by Gasteiger charge is 2.47. The van der Waals surface area contributed by atoms with Gasteiger partial charge in [-0.2, -0.15) is 0 Å². The van der Waals surface area contributed by atoms with Crippen molar-refractivity contribution in [2.24, 2.45) is 0 Å². The van der Waals surface area contributed by atoms with Crippen LogP contribution < -0.4 is 10.2 Å². The average Bonchev–Trinajstić information content (AvgIpc) is 2.97. The van der Waals surface area contributed by atoms with Gasteiger partial charge in [0.1, 0.15) is 54.1 Å². The highest BCUT2D eigenvalue weighted by atomic mass is 16.7. The number of aromatic hydroxyl groups is 3. The molecule has 0 saturated carbocycles. The lowest BCUT2D eigenvalue weighted by Gasteiger charge is -2.42. The van der Waals surface area contributed by atoms with E-state index in [2.05, 4.69) is 0 Å². The number of rotatable bonds is 6. The highest BCUT2D eigenvalue weighted by Crippen LogP contribution is 2.36. The predicted octanol–water partition coefficient (Wildman–Crippen LogP) is -1.39. The van der Waals surface area contributed by atoms with Crippen LogP contribution in [0.1, 0.15) is 6.92 Å². The molecule has 0 amide bonds. The molecule has 228 valence electrons. The molecule has 2 fully saturated rings. The molecule has 2 aliphatic heterocycles. The first kappa shape index (κ1) is 30.0. The van der Waals surface area contributed by atoms with Crippen LogP contribution in [0.5, 0.6) is 23.0 Å². The Hall–Kier alpha value is -3.51. The van der Waals surface area contributed by atoms with Gasteiger partial charge in [-0.25, -0.2) is 0 Å². The summed E-state index contributed by atoms with van der Waals surface area (Å²) < 4.78 is 27.8. The van der Waals surface area contributed by atoms with Gasteiger partial charge in [0, 0.05) is 11.6 Å². The third kappa shape index (κ3) is 5.49. The average molecular weight is 595 g/mol. The van der Waals surface area contributed by atoms with Crippen molar-refractivity contribution in [3.05, 3.63) is 46.6 Å². The van der Waals surface area contributed by atoms with Crippen LogP contribution in [-0.2, 0) is 14.2 Å². The first-order chi connectivity index (χ1) is 19.9. The molecule has 3 heterocycles. The molecule has 0 bridgehead atoms. The van der Waals surface area contributed by atoms with E-state index in [-0.39, 0.29) is 28.0 Å². The number of fused-ring (bicyclic) bond motifs is 1. The Morgan fingerprint density at radius 3 is 2.17 bits per heavy atom. The zero-order valence-corrected chi connectivity index (χ0v) is 21.9. The number of hydrogen-bond donors (Lipinski definition) is 9. The molecule has 9 N–H and O–H groups in total. The lowest BCUT2D eigenvalue weighted by Crippen LogP contribution is -2.61. The van der Waals surface area contributed by atoms with Crippen molar-refractivity contribution in [2.45, 2.75) is 68.3 Å². The summed E-state index contributed by atoms with van der Waals surface area (Å²) in [7, 11) is 0. The van der Waals surface area contributed by atoms with E-state index < -0.39 is 90.7 Å². The molecule has 0 aliphatic carbocycles. The molecule has 3 aromatic rings. The summed E-state index contributed by atoms with van der Waals surface area (Å²) in [6.45, 7) is 0.966. The number of phenolic OH excluding ortho intramolecular Hbond substituents is 2. The van der Waals surface area contributed by atoms with E-state index in [1.54, 1.807) is 0 Å². The van der Waals surface area contributed by atoms with Gasteiger partial charge in [-0.1, -0.05) is 0 Å². The molecule has 1 aromatic heterocycles. The van der Waals surface area contributed by atoms with Crippen molar-refractivity contribution >= 4 is 11.0 Å². The third-order valence-corrected chi connectivity index (χ3v) is 7.23. The quantitative estimate of drug-likeness (QED) is 0.149. The van der Waals surface area contributed by atoms with E-state index in [0.717, 1.165) is 12.1 Å². The minimum absolute atomic E-state index is 0.0138.